The van der Waals surface area contributed by atoms with Gasteiger partial charge in [0.25, 0.3) is 0 Å². The number of nitrogens with one attached hydrogen (secondary N) is 1. The van der Waals surface area contributed by atoms with Crippen LogP contribution in [0.25, 0.3) is 22.3 Å². The first-order chi connectivity index (χ1) is 13.8. The standard InChI is InChI=1S/C22H30N6O/c1-15-13-29-11-10-28(15)19-12-18(27(5)14-22(2,3)4)16-6-8-23-21(20(16)25-19)17-7-9-24-26-17/h6-9,12,15H,10-11,13-14H2,1-5H3,(H,24,26)/t15-/m1/s1. The third kappa shape index (κ3) is 4.05. The van der Waals surface area contributed by atoms with Gasteiger partial charge in [-0.2, -0.15) is 5.10 Å². The molecule has 4 heterocycles. The molecule has 0 unspecified atom stereocenters. The lowest BCUT2D eigenvalue weighted by Crippen LogP contribution is -2.44. The smallest absolute Gasteiger partial charge is 0.131 e. The number of ether oxygens (including phenoxy) is 1. The minimum atomic E-state index is 0.177. The van der Waals surface area contributed by atoms with Crippen LogP contribution in [0.4, 0.5) is 11.5 Å². The fourth-order valence-electron chi connectivity index (χ4n) is 4.03. The molecule has 1 fully saturated rings. The Balaban J connectivity index is 1.91. The number of fused-ring (bicyclic) bond motifs is 1. The van der Waals surface area contributed by atoms with Crippen molar-refractivity contribution in [1.82, 2.24) is 20.2 Å². The highest BCUT2D eigenvalue weighted by atomic mass is 16.5. The molecule has 0 aromatic carbocycles. The van der Waals surface area contributed by atoms with Gasteiger partial charge in [0.15, 0.2) is 0 Å². The number of H-pyrrole nitrogens is 1. The van der Waals surface area contributed by atoms with Crippen molar-refractivity contribution < 1.29 is 4.74 Å². The molecule has 29 heavy (non-hydrogen) atoms. The van der Waals surface area contributed by atoms with Crippen LogP contribution < -0.4 is 9.80 Å². The number of aromatic amines is 1. The van der Waals surface area contributed by atoms with E-state index in [9.17, 15) is 0 Å². The van der Waals surface area contributed by atoms with Gasteiger partial charge in [-0.3, -0.25) is 10.1 Å². The highest BCUT2D eigenvalue weighted by Gasteiger charge is 2.24. The number of hydrogen-bond donors (Lipinski definition) is 1. The number of morpholine rings is 1. The number of rotatable bonds is 4. The Labute approximate surface area is 172 Å². The highest BCUT2D eigenvalue weighted by Crippen LogP contribution is 2.35. The minimum absolute atomic E-state index is 0.177. The Morgan fingerprint density at radius 1 is 1.28 bits per heavy atom. The van der Waals surface area contributed by atoms with Crippen molar-refractivity contribution in [3.63, 3.8) is 0 Å². The second kappa shape index (κ2) is 7.63. The zero-order chi connectivity index (χ0) is 20.6. The van der Waals surface area contributed by atoms with Crippen LogP contribution in [0.1, 0.15) is 27.7 Å². The average Bonchev–Trinajstić information content (AvgIpc) is 3.20. The van der Waals surface area contributed by atoms with E-state index in [2.05, 4.69) is 71.9 Å². The third-order valence-electron chi connectivity index (χ3n) is 5.23. The van der Waals surface area contributed by atoms with E-state index in [0.717, 1.165) is 47.8 Å². The van der Waals surface area contributed by atoms with E-state index >= 15 is 0 Å². The van der Waals surface area contributed by atoms with Gasteiger partial charge in [0, 0.05) is 49.7 Å². The molecule has 0 saturated carbocycles. The normalized spacial score (nSPS) is 17.7. The second-order valence-corrected chi connectivity index (χ2v) is 9.06. The van der Waals surface area contributed by atoms with E-state index in [4.69, 9.17) is 9.72 Å². The van der Waals surface area contributed by atoms with Gasteiger partial charge in [-0.05, 0) is 24.5 Å². The molecule has 0 spiro atoms. The summed E-state index contributed by atoms with van der Waals surface area (Å²) in [7, 11) is 2.16. The Bertz CT molecular complexity index is 979. The zero-order valence-corrected chi connectivity index (χ0v) is 17.9. The maximum absolute atomic E-state index is 5.64. The Kier molecular flexibility index (Phi) is 5.17. The largest absolute Gasteiger partial charge is 0.377 e. The molecule has 154 valence electrons. The minimum Gasteiger partial charge on any atom is -0.377 e. The predicted octanol–water partition coefficient (Wildman–Crippen LogP) is 3.73. The number of nitrogens with zero attached hydrogens (tertiary/aromatic N) is 5. The molecule has 1 aliphatic heterocycles. The van der Waals surface area contributed by atoms with Crippen LogP contribution in [0.5, 0.6) is 0 Å². The number of anilines is 2. The van der Waals surface area contributed by atoms with E-state index in [0.29, 0.717) is 6.61 Å². The molecule has 3 aromatic heterocycles. The molecule has 1 atom stereocenters. The lowest BCUT2D eigenvalue weighted by atomic mass is 9.96. The Hall–Kier alpha value is -2.67. The van der Waals surface area contributed by atoms with E-state index in [1.54, 1.807) is 6.20 Å². The lowest BCUT2D eigenvalue weighted by molar-refractivity contribution is 0.0986. The quantitative estimate of drug-likeness (QED) is 0.727. The molecule has 1 aliphatic rings. The Morgan fingerprint density at radius 2 is 2.10 bits per heavy atom. The van der Waals surface area contributed by atoms with E-state index < -0.39 is 0 Å². The monoisotopic (exact) mass is 394 g/mol. The fraction of sp³-hybridized carbons (Fsp3) is 0.500. The van der Waals surface area contributed by atoms with Crippen LogP contribution >= 0.6 is 0 Å². The summed E-state index contributed by atoms with van der Waals surface area (Å²) in [5.74, 6) is 0.970. The van der Waals surface area contributed by atoms with Crippen molar-refractivity contribution in [3.8, 4) is 11.4 Å². The van der Waals surface area contributed by atoms with Crippen molar-refractivity contribution in [2.24, 2.45) is 5.41 Å². The fourth-order valence-corrected chi connectivity index (χ4v) is 4.03. The predicted molar refractivity (Wildman–Crippen MR) is 117 cm³/mol. The summed E-state index contributed by atoms with van der Waals surface area (Å²) >= 11 is 0. The van der Waals surface area contributed by atoms with Gasteiger partial charge in [-0.15, -0.1) is 0 Å². The van der Waals surface area contributed by atoms with Gasteiger partial charge in [0.1, 0.15) is 17.0 Å². The summed E-state index contributed by atoms with van der Waals surface area (Å²) in [6.07, 6.45) is 3.60. The van der Waals surface area contributed by atoms with Gasteiger partial charge in [-0.1, -0.05) is 20.8 Å². The van der Waals surface area contributed by atoms with Gasteiger partial charge in [0.2, 0.25) is 0 Å². The Morgan fingerprint density at radius 3 is 2.79 bits per heavy atom. The number of hydrogen-bond acceptors (Lipinski definition) is 6. The van der Waals surface area contributed by atoms with Crippen LogP contribution in [-0.4, -0.2) is 59.6 Å². The van der Waals surface area contributed by atoms with Gasteiger partial charge < -0.3 is 14.5 Å². The molecular formula is C22H30N6O. The molecule has 3 aromatic rings. The van der Waals surface area contributed by atoms with Gasteiger partial charge in [-0.25, -0.2) is 4.98 Å². The van der Waals surface area contributed by atoms with E-state index in [-0.39, 0.29) is 11.5 Å². The lowest BCUT2D eigenvalue weighted by Gasteiger charge is -2.36. The van der Waals surface area contributed by atoms with Crippen LogP contribution in [0.2, 0.25) is 0 Å². The first-order valence-electron chi connectivity index (χ1n) is 10.2. The van der Waals surface area contributed by atoms with Gasteiger partial charge >= 0.3 is 0 Å². The summed E-state index contributed by atoms with van der Waals surface area (Å²) in [4.78, 5) is 14.4. The van der Waals surface area contributed by atoms with Crippen molar-refractivity contribution in [2.45, 2.75) is 33.7 Å². The summed E-state index contributed by atoms with van der Waals surface area (Å²) < 4.78 is 5.64. The summed E-state index contributed by atoms with van der Waals surface area (Å²) in [5, 5.41) is 8.24. The second-order valence-electron chi connectivity index (χ2n) is 9.06. The van der Waals surface area contributed by atoms with E-state index in [1.165, 1.54) is 5.69 Å². The molecule has 1 N–H and O–H groups in total. The number of pyridine rings is 2. The van der Waals surface area contributed by atoms with Gasteiger partial charge in [0.05, 0.1) is 24.9 Å². The molecule has 7 nitrogen and oxygen atoms in total. The maximum Gasteiger partial charge on any atom is 0.131 e. The zero-order valence-electron chi connectivity index (χ0n) is 17.9. The molecule has 1 saturated heterocycles. The summed E-state index contributed by atoms with van der Waals surface area (Å²) in [6, 6.07) is 6.49. The summed E-state index contributed by atoms with van der Waals surface area (Å²) in [6.45, 7) is 12.2. The molecular weight excluding hydrogens is 364 g/mol. The molecule has 7 heteroatoms. The van der Waals surface area contributed by atoms with Crippen molar-refractivity contribution >= 4 is 22.4 Å². The molecule has 0 radical (unpaired) electrons. The van der Waals surface area contributed by atoms with Crippen LogP contribution in [0.15, 0.2) is 30.6 Å². The van der Waals surface area contributed by atoms with Crippen molar-refractivity contribution in [3.05, 3.63) is 30.6 Å². The third-order valence-corrected chi connectivity index (χ3v) is 5.23. The van der Waals surface area contributed by atoms with Crippen molar-refractivity contribution in [2.75, 3.05) is 43.2 Å². The first-order valence-corrected chi connectivity index (χ1v) is 10.2. The SMILES string of the molecule is C[C@@H]1COCCN1c1cc(N(C)CC(C)(C)C)c2ccnc(-c3ccn[nH]3)c2n1. The highest BCUT2D eigenvalue weighted by molar-refractivity contribution is 6.00. The van der Waals surface area contributed by atoms with Crippen LogP contribution in [-0.2, 0) is 4.74 Å². The topological polar surface area (TPSA) is 70.2 Å². The first kappa shape index (κ1) is 19.6. The van der Waals surface area contributed by atoms with E-state index in [1.807, 2.05) is 12.3 Å². The average molecular weight is 395 g/mol. The molecule has 0 aliphatic carbocycles. The number of aromatic nitrogens is 4. The van der Waals surface area contributed by atoms with Crippen LogP contribution in [0.3, 0.4) is 0 Å². The maximum atomic E-state index is 5.64. The molecule has 4 rings (SSSR count). The van der Waals surface area contributed by atoms with Crippen molar-refractivity contribution in [1.29, 1.82) is 0 Å². The summed E-state index contributed by atoms with van der Waals surface area (Å²) in [5.41, 5.74) is 3.94. The van der Waals surface area contributed by atoms with Crippen LogP contribution in [0, 0.1) is 5.41 Å². The molecule has 0 amide bonds. The molecule has 0 bridgehead atoms.